The maximum atomic E-state index is 11.6. The van der Waals surface area contributed by atoms with Gasteiger partial charge in [0.2, 0.25) is 11.8 Å². The fourth-order valence-electron chi connectivity index (χ4n) is 1.68. The zero-order chi connectivity index (χ0) is 13.1. The molecule has 0 aliphatic carbocycles. The minimum Gasteiger partial charge on any atom is -0.440 e. The van der Waals surface area contributed by atoms with Crippen LogP contribution in [0, 0.1) is 12.8 Å². The lowest BCUT2D eigenvalue weighted by atomic mass is 10.2. The van der Waals surface area contributed by atoms with Gasteiger partial charge in [0.05, 0.1) is 0 Å². The SMILES string of the molecule is Cc1ccc2oc(CC(=O)NCC(C)C)nc2c1. The summed E-state index contributed by atoms with van der Waals surface area (Å²) in [5.41, 5.74) is 2.67. The standard InChI is InChI=1S/C14H18N2O2/c1-9(2)8-15-13(17)7-14-16-11-6-10(3)4-5-12(11)18-14/h4-6,9H,7-8H2,1-3H3,(H,15,17). The Morgan fingerprint density at radius 2 is 2.22 bits per heavy atom. The van der Waals surface area contributed by atoms with E-state index in [0.29, 0.717) is 18.4 Å². The van der Waals surface area contributed by atoms with E-state index in [9.17, 15) is 4.79 Å². The van der Waals surface area contributed by atoms with Gasteiger partial charge in [-0.3, -0.25) is 4.79 Å². The number of benzene rings is 1. The van der Waals surface area contributed by atoms with E-state index in [4.69, 9.17) is 4.42 Å². The predicted octanol–water partition coefficient (Wildman–Crippen LogP) is 2.45. The second-order valence-corrected chi connectivity index (χ2v) is 4.95. The van der Waals surface area contributed by atoms with Gasteiger partial charge in [0.1, 0.15) is 11.9 Å². The number of hydrogen-bond acceptors (Lipinski definition) is 3. The lowest BCUT2D eigenvalue weighted by Crippen LogP contribution is -2.28. The molecule has 0 aliphatic heterocycles. The molecule has 4 heteroatoms. The molecule has 0 unspecified atom stereocenters. The topological polar surface area (TPSA) is 55.1 Å². The van der Waals surface area contributed by atoms with Crippen LogP contribution in [0.25, 0.3) is 11.1 Å². The number of nitrogens with one attached hydrogen (secondary N) is 1. The number of carbonyl (C=O) groups excluding carboxylic acids is 1. The molecule has 2 aromatic rings. The highest BCUT2D eigenvalue weighted by Crippen LogP contribution is 2.17. The Balaban J connectivity index is 2.05. The van der Waals surface area contributed by atoms with Crippen molar-refractivity contribution in [3.05, 3.63) is 29.7 Å². The lowest BCUT2D eigenvalue weighted by Gasteiger charge is -2.05. The molecule has 0 aliphatic rings. The van der Waals surface area contributed by atoms with Crippen LogP contribution in [0.1, 0.15) is 25.3 Å². The van der Waals surface area contributed by atoms with E-state index < -0.39 is 0 Å². The Hall–Kier alpha value is -1.84. The van der Waals surface area contributed by atoms with Gasteiger partial charge in [-0.1, -0.05) is 19.9 Å². The highest BCUT2D eigenvalue weighted by molar-refractivity contribution is 5.79. The zero-order valence-electron chi connectivity index (χ0n) is 11.0. The molecule has 0 atom stereocenters. The quantitative estimate of drug-likeness (QED) is 0.901. The van der Waals surface area contributed by atoms with Gasteiger partial charge >= 0.3 is 0 Å². The van der Waals surface area contributed by atoms with Crippen molar-refractivity contribution in [2.24, 2.45) is 5.92 Å². The van der Waals surface area contributed by atoms with Gasteiger partial charge in [0, 0.05) is 6.54 Å². The summed E-state index contributed by atoms with van der Waals surface area (Å²) in [6.07, 6.45) is 0.195. The molecule has 4 nitrogen and oxygen atoms in total. The van der Waals surface area contributed by atoms with Gasteiger partial charge in [-0.25, -0.2) is 4.98 Å². The van der Waals surface area contributed by atoms with Crippen LogP contribution in [0.5, 0.6) is 0 Å². The van der Waals surface area contributed by atoms with Crippen LogP contribution in [0.2, 0.25) is 0 Å². The first-order valence-electron chi connectivity index (χ1n) is 6.17. The summed E-state index contributed by atoms with van der Waals surface area (Å²) in [4.78, 5) is 16.0. The molecule has 1 heterocycles. The third-order valence-corrected chi connectivity index (χ3v) is 2.61. The smallest absolute Gasteiger partial charge is 0.229 e. The second kappa shape index (κ2) is 5.21. The minimum absolute atomic E-state index is 0.0491. The van der Waals surface area contributed by atoms with Crippen LogP contribution >= 0.6 is 0 Å². The normalized spacial score (nSPS) is 11.1. The van der Waals surface area contributed by atoms with Crippen molar-refractivity contribution in [1.29, 1.82) is 0 Å². The molecule has 0 bridgehead atoms. The van der Waals surface area contributed by atoms with Crippen LogP contribution < -0.4 is 5.32 Å². The maximum Gasteiger partial charge on any atom is 0.229 e. The Morgan fingerprint density at radius 3 is 2.94 bits per heavy atom. The molecular weight excluding hydrogens is 228 g/mol. The fourth-order valence-corrected chi connectivity index (χ4v) is 1.68. The number of fused-ring (bicyclic) bond motifs is 1. The van der Waals surface area contributed by atoms with Crippen molar-refractivity contribution in [3.63, 3.8) is 0 Å². The summed E-state index contributed by atoms with van der Waals surface area (Å²) < 4.78 is 5.53. The van der Waals surface area contributed by atoms with E-state index in [1.165, 1.54) is 0 Å². The summed E-state index contributed by atoms with van der Waals surface area (Å²) >= 11 is 0. The molecule has 96 valence electrons. The first kappa shape index (κ1) is 12.6. The van der Waals surface area contributed by atoms with E-state index in [1.807, 2.05) is 25.1 Å². The van der Waals surface area contributed by atoms with Crippen molar-refractivity contribution in [3.8, 4) is 0 Å². The van der Waals surface area contributed by atoms with Crippen molar-refractivity contribution in [2.75, 3.05) is 6.54 Å². The first-order valence-corrected chi connectivity index (χ1v) is 6.17. The number of carbonyl (C=O) groups is 1. The molecule has 1 amide bonds. The molecular formula is C14H18N2O2. The molecule has 0 spiro atoms. The number of aromatic nitrogens is 1. The number of hydrogen-bond donors (Lipinski definition) is 1. The van der Waals surface area contributed by atoms with Crippen LogP contribution in [0.3, 0.4) is 0 Å². The van der Waals surface area contributed by atoms with Gasteiger partial charge in [0.15, 0.2) is 5.58 Å². The molecule has 0 fully saturated rings. The van der Waals surface area contributed by atoms with Crippen LogP contribution in [0.4, 0.5) is 0 Å². The highest BCUT2D eigenvalue weighted by atomic mass is 16.3. The molecule has 18 heavy (non-hydrogen) atoms. The fraction of sp³-hybridized carbons (Fsp3) is 0.429. The Morgan fingerprint density at radius 1 is 1.44 bits per heavy atom. The first-order chi connectivity index (χ1) is 8.54. The van der Waals surface area contributed by atoms with Crippen LogP contribution in [-0.4, -0.2) is 17.4 Å². The Kier molecular flexibility index (Phi) is 3.65. The Bertz CT molecular complexity index is 558. The van der Waals surface area contributed by atoms with Gasteiger partial charge in [-0.05, 0) is 30.5 Å². The van der Waals surface area contributed by atoms with Gasteiger partial charge < -0.3 is 9.73 Å². The summed E-state index contributed by atoms with van der Waals surface area (Å²) in [6.45, 7) is 6.80. The molecule has 0 saturated heterocycles. The third kappa shape index (κ3) is 3.09. The number of nitrogens with zero attached hydrogens (tertiary/aromatic N) is 1. The molecule has 1 N–H and O–H groups in total. The van der Waals surface area contributed by atoms with Gasteiger partial charge in [-0.2, -0.15) is 0 Å². The number of oxazole rings is 1. The second-order valence-electron chi connectivity index (χ2n) is 4.95. The van der Waals surface area contributed by atoms with Crippen LogP contribution in [-0.2, 0) is 11.2 Å². The van der Waals surface area contributed by atoms with Gasteiger partial charge in [0.25, 0.3) is 0 Å². The van der Waals surface area contributed by atoms with Crippen molar-refractivity contribution in [2.45, 2.75) is 27.2 Å². The summed E-state index contributed by atoms with van der Waals surface area (Å²) in [7, 11) is 0. The summed E-state index contributed by atoms with van der Waals surface area (Å²) in [5, 5.41) is 2.85. The van der Waals surface area contributed by atoms with Crippen molar-refractivity contribution < 1.29 is 9.21 Å². The Labute approximate surface area is 106 Å². The van der Waals surface area contributed by atoms with Crippen molar-refractivity contribution in [1.82, 2.24) is 10.3 Å². The largest absolute Gasteiger partial charge is 0.440 e. The molecule has 1 aromatic carbocycles. The number of amides is 1. The molecule has 0 radical (unpaired) electrons. The number of rotatable bonds is 4. The molecule has 0 saturated carbocycles. The predicted molar refractivity (Wildman–Crippen MR) is 70.3 cm³/mol. The average Bonchev–Trinajstić information content (AvgIpc) is 2.67. The van der Waals surface area contributed by atoms with E-state index in [2.05, 4.69) is 24.1 Å². The average molecular weight is 246 g/mol. The third-order valence-electron chi connectivity index (χ3n) is 2.61. The lowest BCUT2D eigenvalue weighted by molar-refractivity contribution is -0.120. The zero-order valence-corrected chi connectivity index (χ0v) is 11.0. The molecule has 1 aromatic heterocycles. The van der Waals surface area contributed by atoms with E-state index in [0.717, 1.165) is 16.7 Å². The number of aryl methyl sites for hydroxylation is 1. The van der Waals surface area contributed by atoms with E-state index in [-0.39, 0.29) is 12.3 Å². The minimum atomic E-state index is -0.0491. The monoisotopic (exact) mass is 246 g/mol. The van der Waals surface area contributed by atoms with Crippen LogP contribution in [0.15, 0.2) is 22.6 Å². The maximum absolute atomic E-state index is 11.6. The van der Waals surface area contributed by atoms with Crippen molar-refractivity contribution >= 4 is 17.0 Å². The summed E-state index contributed by atoms with van der Waals surface area (Å²) in [6, 6.07) is 5.80. The highest BCUT2D eigenvalue weighted by Gasteiger charge is 2.10. The van der Waals surface area contributed by atoms with Gasteiger partial charge in [-0.15, -0.1) is 0 Å². The van der Waals surface area contributed by atoms with E-state index in [1.54, 1.807) is 0 Å². The summed E-state index contributed by atoms with van der Waals surface area (Å²) in [5.74, 6) is 0.865. The van der Waals surface area contributed by atoms with E-state index >= 15 is 0 Å². The molecule has 2 rings (SSSR count).